The van der Waals surface area contributed by atoms with Crippen LogP contribution in [0.3, 0.4) is 0 Å². The molecule has 0 N–H and O–H groups in total. The van der Waals surface area contributed by atoms with Crippen LogP contribution in [0.2, 0.25) is 0 Å². The van der Waals surface area contributed by atoms with E-state index in [1.165, 1.54) is 4.88 Å². The molecular formula is C15H18N2O2S. The summed E-state index contributed by atoms with van der Waals surface area (Å²) in [4.78, 5) is 20.1. The van der Waals surface area contributed by atoms with Crippen LogP contribution < -0.4 is 0 Å². The van der Waals surface area contributed by atoms with Crippen LogP contribution in [0.15, 0.2) is 22.8 Å². The molecule has 20 heavy (non-hydrogen) atoms. The van der Waals surface area contributed by atoms with Crippen LogP contribution in [0.4, 0.5) is 0 Å². The lowest BCUT2D eigenvalue weighted by Crippen LogP contribution is -2.38. The Labute approximate surface area is 122 Å². The van der Waals surface area contributed by atoms with Gasteiger partial charge in [-0.25, -0.2) is 4.98 Å². The summed E-state index contributed by atoms with van der Waals surface area (Å²) in [6.45, 7) is 5.69. The second-order valence-electron chi connectivity index (χ2n) is 5.26. The van der Waals surface area contributed by atoms with Gasteiger partial charge in [0.05, 0.1) is 17.0 Å². The van der Waals surface area contributed by atoms with E-state index in [1.807, 2.05) is 11.8 Å². The minimum atomic E-state index is -0.00954. The quantitative estimate of drug-likeness (QED) is 0.852. The van der Waals surface area contributed by atoms with E-state index in [2.05, 4.69) is 11.9 Å². The third-order valence-electron chi connectivity index (χ3n) is 3.83. The zero-order valence-electron chi connectivity index (χ0n) is 11.8. The number of furan rings is 1. The highest BCUT2D eigenvalue weighted by molar-refractivity contribution is 7.11. The average Bonchev–Trinajstić information content (AvgIpc) is 3.09. The maximum absolute atomic E-state index is 12.3. The Balaban J connectivity index is 1.75. The summed E-state index contributed by atoms with van der Waals surface area (Å²) in [5.74, 6) is 0.780. The van der Waals surface area contributed by atoms with Gasteiger partial charge in [0.25, 0.3) is 5.91 Å². The molecule has 0 unspecified atom stereocenters. The van der Waals surface area contributed by atoms with Crippen molar-refractivity contribution in [3.05, 3.63) is 39.7 Å². The second kappa shape index (κ2) is 5.40. The zero-order chi connectivity index (χ0) is 14.1. The highest BCUT2D eigenvalue weighted by atomic mass is 32.1. The van der Waals surface area contributed by atoms with Gasteiger partial charge in [-0.2, -0.15) is 0 Å². The first kappa shape index (κ1) is 13.4. The van der Waals surface area contributed by atoms with E-state index in [0.717, 1.165) is 36.6 Å². The van der Waals surface area contributed by atoms with Gasteiger partial charge in [-0.1, -0.05) is 0 Å². The summed E-state index contributed by atoms with van der Waals surface area (Å²) in [5, 5.41) is 1.16. The molecule has 2 aromatic rings. The number of thiazole rings is 1. The molecule has 1 fully saturated rings. The van der Waals surface area contributed by atoms with Crippen molar-refractivity contribution in [1.29, 1.82) is 0 Å². The predicted octanol–water partition coefficient (Wildman–Crippen LogP) is 3.37. The van der Waals surface area contributed by atoms with E-state index >= 15 is 0 Å². The summed E-state index contributed by atoms with van der Waals surface area (Å²) in [6, 6.07) is 3.48. The molecular weight excluding hydrogens is 272 g/mol. The Morgan fingerprint density at radius 3 is 3.00 bits per heavy atom. The van der Waals surface area contributed by atoms with Crippen molar-refractivity contribution in [2.45, 2.75) is 32.6 Å². The first-order valence-corrected chi connectivity index (χ1v) is 7.73. The zero-order valence-corrected chi connectivity index (χ0v) is 12.6. The van der Waals surface area contributed by atoms with E-state index in [0.29, 0.717) is 11.7 Å². The molecule has 0 spiro atoms. The average molecular weight is 290 g/mol. The van der Waals surface area contributed by atoms with Crippen LogP contribution >= 0.6 is 11.3 Å². The number of rotatable bonds is 2. The van der Waals surface area contributed by atoms with Crippen molar-refractivity contribution in [2.75, 3.05) is 13.1 Å². The molecule has 106 valence electrons. The molecule has 1 amide bonds. The summed E-state index contributed by atoms with van der Waals surface area (Å²) in [5.41, 5.74) is 1.11. The third kappa shape index (κ3) is 2.50. The predicted molar refractivity (Wildman–Crippen MR) is 78.2 cm³/mol. The minimum Gasteiger partial charge on any atom is -0.459 e. The molecule has 1 atom stereocenters. The van der Waals surface area contributed by atoms with Gasteiger partial charge >= 0.3 is 0 Å². The lowest BCUT2D eigenvalue weighted by atomic mass is 9.98. The molecule has 4 nitrogen and oxygen atoms in total. The van der Waals surface area contributed by atoms with Gasteiger partial charge in [-0.05, 0) is 38.8 Å². The normalized spacial score (nSPS) is 19.3. The number of aromatic nitrogens is 1. The molecule has 3 heterocycles. The summed E-state index contributed by atoms with van der Waals surface area (Å²) < 4.78 is 5.21. The van der Waals surface area contributed by atoms with Gasteiger partial charge in [-0.15, -0.1) is 11.3 Å². The maximum Gasteiger partial charge on any atom is 0.289 e. The van der Waals surface area contributed by atoms with Crippen molar-refractivity contribution in [3.63, 3.8) is 0 Å². The number of piperidine rings is 1. The second-order valence-corrected chi connectivity index (χ2v) is 6.50. The Morgan fingerprint density at radius 2 is 2.35 bits per heavy atom. The van der Waals surface area contributed by atoms with Crippen molar-refractivity contribution in [1.82, 2.24) is 9.88 Å². The number of hydrogen-bond donors (Lipinski definition) is 0. The lowest BCUT2D eigenvalue weighted by Gasteiger charge is -2.31. The number of likely N-dealkylation sites (tertiary alicyclic amines) is 1. The Hall–Kier alpha value is -1.62. The molecule has 0 saturated carbocycles. The largest absolute Gasteiger partial charge is 0.459 e. The van der Waals surface area contributed by atoms with Gasteiger partial charge in [0, 0.05) is 23.9 Å². The Kier molecular flexibility index (Phi) is 3.61. The van der Waals surface area contributed by atoms with Crippen LogP contribution in [0.25, 0.3) is 0 Å². The molecule has 1 saturated heterocycles. The van der Waals surface area contributed by atoms with Crippen molar-refractivity contribution < 1.29 is 9.21 Å². The standard InChI is InChI=1S/C15H18N2O2S/c1-10-11(2)20-14(16-10)12-5-3-7-17(9-12)15(18)13-6-4-8-19-13/h4,6,8,12H,3,5,7,9H2,1-2H3/t12-/m1/s1. The van der Waals surface area contributed by atoms with Gasteiger partial charge in [-0.3, -0.25) is 4.79 Å². The van der Waals surface area contributed by atoms with E-state index in [-0.39, 0.29) is 5.91 Å². The first-order valence-electron chi connectivity index (χ1n) is 6.92. The highest BCUT2D eigenvalue weighted by Crippen LogP contribution is 2.31. The number of hydrogen-bond acceptors (Lipinski definition) is 4. The van der Waals surface area contributed by atoms with Crippen LogP contribution in [0.5, 0.6) is 0 Å². The number of carbonyl (C=O) groups is 1. The van der Waals surface area contributed by atoms with E-state index in [9.17, 15) is 4.79 Å². The van der Waals surface area contributed by atoms with Crippen LogP contribution in [0.1, 0.15) is 44.9 Å². The molecule has 3 rings (SSSR count). The van der Waals surface area contributed by atoms with Crippen molar-refractivity contribution >= 4 is 17.2 Å². The van der Waals surface area contributed by atoms with Gasteiger partial charge in [0.15, 0.2) is 5.76 Å². The smallest absolute Gasteiger partial charge is 0.289 e. The number of carbonyl (C=O) groups excluding carboxylic acids is 1. The van der Waals surface area contributed by atoms with Gasteiger partial charge in [0.2, 0.25) is 0 Å². The SMILES string of the molecule is Cc1nc([C@@H]2CCCN(C(=O)c3ccco3)C2)sc1C. The minimum absolute atomic E-state index is 0.00954. The molecule has 1 aliphatic rings. The first-order chi connectivity index (χ1) is 9.65. The Bertz CT molecular complexity index is 584. The van der Waals surface area contributed by atoms with Crippen LogP contribution in [0, 0.1) is 13.8 Å². The van der Waals surface area contributed by atoms with E-state index in [4.69, 9.17) is 4.42 Å². The molecule has 2 aromatic heterocycles. The fourth-order valence-electron chi connectivity index (χ4n) is 2.59. The summed E-state index contributed by atoms with van der Waals surface area (Å²) in [7, 11) is 0. The molecule has 0 aliphatic carbocycles. The molecule has 1 aliphatic heterocycles. The summed E-state index contributed by atoms with van der Waals surface area (Å²) in [6.07, 6.45) is 3.67. The van der Waals surface area contributed by atoms with Crippen LogP contribution in [-0.2, 0) is 0 Å². The van der Waals surface area contributed by atoms with Crippen molar-refractivity contribution in [2.24, 2.45) is 0 Å². The monoisotopic (exact) mass is 290 g/mol. The fourth-order valence-corrected chi connectivity index (χ4v) is 3.64. The maximum atomic E-state index is 12.3. The molecule has 0 bridgehead atoms. The Morgan fingerprint density at radius 1 is 1.50 bits per heavy atom. The van der Waals surface area contributed by atoms with Gasteiger partial charge in [0.1, 0.15) is 0 Å². The molecule has 0 aromatic carbocycles. The summed E-state index contributed by atoms with van der Waals surface area (Å²) >= 11 is 1.76. The third-order valence-corrected chi connectivity index (χ3v) is 5.07. The van der Waals surface area contributed by atoms with Gasteiger partial charge < -0.3 is 9.32 Å². The van der Waals surface area contributed by atoms with Crippen LogP contribution in [-0.4, -0.2) is 28.9 Å². The number of nitrogens with zero attached hydrogens (tertiary/aromatic N) is 2. The van der Waals surface area contributed by atoms with E-state index < -0.39 is 0 Å². The number of aryl methyl sites for hydroxylation is 2. The highest BCUT2D eigenvalue weighted by Gasteiger charge is 2.28. The molecule has 5 heteroatoms. The fraction of sp³-hybridized carbons (Fsp3) is 0.467. The topological polar surface area (TPSA) is 46.3 Å². The number of amides is 1. The van der Waals surface area contributed by atoms with Crippen molar-refractivity contribution in [3.8, 4) is 0 Å². The molecule has 0 radical (unpaired) electrons. The van der Waals surface area contributed by atoms with E-state index in [1.54, 1.807) is 29.7 Å². The lowest BCUT2D eigenvalue weighted by molar-refractivity contribution is 0.0675.